The molecule has 1 heterocycles. The van der Waals surface area contributed by atoms with Crippen LogP contribution in [0.1, 0.15) is 16.3 Å². The maximum absolute atomic E-state index is 11.7. The van der Waals surface area contributed by atoms with Gasteiger partial charge in [0.15, 0.2) is 0 Å². The third kappa shape index (κ3) is 4.13. The molecule has 1 aromatic carbocycles. The maximum Gasteiger partial charge on any atom is 0.374 e. The largest absolute Gasteiger partial charge is 0.490 e. The molecule has 0 aliphatic rings. The van der Waals surface area contributed by atoms with E-state index >= 15 is 0 Å². The van der Waals surface area contributed by atoms with Crippen molar-refractivity contribution >= 4 is 5.97 Å². The molecule has 0 fully saturated rings. The molecule has 5 heteroatoms. The highest BCUT2D eigenvalue weighted by atomic mass is 16.6. The summed E-state index contributed by atoms with van der Waals surface area (Å²) in [5, 5.41) is 0. The molecule has 0 N–H and O–H groups in total. The van der Waals surface area contributed by atoms with Gasteiger partial charge >= 0.3 is 5.97 Å². The molecule has 0 atom stereocenters. The summed E-state index contributed by atoms with van der Waals surface area (Å²) in [6.07, 6.45) is 0. The number of hydrogen-bond donors (Lipinski definition) is 0. The highest BCUT2D eigenvalue weighted by Gasteiger charge is 2.12. The van der Waals surface area contributed by atoms with Crippen LogP contribution >= 0.6 is 0 Å². The van der Waals surface area contributed by atoms with Crippen LogP contribution in [0.5, 0.6) is 5.75 Å². The topological polar surface area (TPSA) is 57.9 Å². The molecule has 5 nitrogen and oxygen atoms in total. The molecular weight excluding hydrogens is 260 g/mol. The van der Waals surface area contributed by atoms with Gasteiger partial charge in [-0.2, -0.15) is 0 Å². The number of furan rings is 1. The Morgan fingerprint density at radius 3 is 2.65 bits per heavy atom. The number of esters is 1. The lowest BCUT2D eigenvalue weighted by Crippen LogP contribution is -2.11. The standard InChI is InChI=1S/C15H16O5/c1-17-11-13-7-8-14(20-13)15(16)19-10-9-18-12-5-3-2-4-6-12/h2-8H,9-11H2,1H3. The van der Waals surface area contributed by atoms with E-state index in [0.717, 1.165) is 5.75 Å². The summed E-state index contributed by atoms with van der Waals surface area (Å²) in [6, 6.07) is 12.6. The zero-order valence-electron chi connectivity index (χ0n) is 11.2. The quantitative estimate of drug-likeness (QED) is 0.575. The van der Waals surface area contributed by atoms with Gasteiger partial charge in [0, 0.05) is 7.11 Å². The Bertz CT molecular complexity index is 532. The number of carbonyl (C=O) groups excluding carboxylic acids is 1. The molecule has 106 valence electrons. The number of para-hydroxylation sites is 1. The number of methoxy groups -OCH3 is 1. The van der Waals surface area contributed by atoms with E-state index in [-0.39, 0.29) is 12.4 Å². The molecule has 0 spiro atoms. The van der Waals surface area contributed by atoms with Crippen molar-refractivity contribution in [2.75, 3.05) is 20.3 Å². The Morgan fingerprint density at radius 1 is 1.10 bits per heavy atom. The van der Waals surface area contributed by atoms with Gasteiger partial charge in [-0.3, -0.25) is 0 Å². The van der Waals surface area contributed by atoms with Gasteiger partial charge in [-0.1, -0.05) is 18.2 Å². The first-order valence-electron chi connectivity index (χ1n) is 6.22. The van der Waals surface area contributed by atoms with E-state index in [2.05, 4.69) is 0 Å². The van der Waals surface area contributed by atoms with Crippen molar-refractivity contribution in [3.05, 3.63) is 54.0 Å². The first-order chi connectivity index (χ1) is 9.79. The van der Waals surface area contributed by atoms with Gasteiger partial charge in [-0.25, -0.2) is 4.79 Å². The van der Waals surface area contributed by atoms with Crippen LogP contribution in [0, 0.1) is 0 Å². The van der Waals surface area contributed by atoms with E-state index in [9.17, 15) is 4.79 Å². The molecule has 0 aliphatic carbocycles. The molecule has 0 aliphatic heterocycles. The number of ether oxygens (including phenoxy) is 3. The van der Waals surface area contributed by atoms with Crippen LogP contribution in [-0.4, -0.2) is 26.3 Å². The van der Waals surface area contributed by atoms with Crippen molar-refractivity contribution in [2.24, 2.45) is 0 Å². The molecule has 0 radical (unpaired) electrons. The van der Waals surface area contributed by atoms with Crippen molar-refractivity contribution in [2.45, 2.75) is 6.61 Å². The second-order valence-corrected chi connectivity index (χ2v) is 4.00. The average molecular weight is 276 g/mol. The minimum absolute atomic E-state index is 0.161. The summed E-state index contributed by atoms with van der Waals surface area (Å²) in [5.41, 5.74) is 0. The molecule has 2 rings (SSSR count). The molecule has 0 amide bonds. The number of rotatable bonds is 7. The molecule has 20 heavy (non-hydrogen) atoms. The summed E-state index contributed by atoms with van der Waals surface area (Å²) < 4.78 is 20.6. The van der Waals surface area contributed by atoms with Gasteiger partial charge in [0.2, 0.25) is 5.76 Å². The number of carbonyl (C=O) groups is 1. The van der Waals surface area contributed by atoms with Crippen LogP contribution in [0.15, 0.2) is 46.9 Å². The summed E-state index contributed by atoms with van der Waals surface area (Å²) in [6.45, 7) is 0.778. The highest BCUT2D eigenvalue weighted by Crippen LogP contribution is 2.11. The molecule has 0 saturated carbocycles. The van der Waals surface area contributed by atoms with Crippen molar-refractivity contribution in [1.29, 1.82) is 0 Å². The third-order valence-electron chi connectivity index (χ3n) is 2.48. The van der Waals surface area contributed by atoms with Crippen molar-refractivity contribution in [3.8, 4) is 5.75 Å². The zero-order chi connectivity index (χ0) is 14.2. The van der Waals surface area contributed by atoms with Crippen LogP contribution in [-0.2, 0) is 16.1 Å². The van der Waals surface area contributed by atoms with Gasteiger partial charge in [-0.15, -0.1) is 0 Å². The van der Waals surface area contributed by atoms with Crippen LogP contribution in [0.25, 0.3) is 0 Å². The lowest BCUT2D eigenvalue weighted by Gasteiger charge is -2.06. The minimum Gasteiger partial charge on any atom is -0.490 e. The van der Waals surface area contributed by atoms with E-state index in [4.69, 9.17) is 18.6 Å². The fourth-order valence-corrected chi connectivity index (χ4v) is 1.59. The number of hydrogen-bond acceptors (Lipinski definition) is 5. The predicted octanol–water partition coefficient (Wildman–Crippen LogP) is 2.66. The van der Waals surface area contributed by atoms with Gasteiger partial charge < -0.3 is 18.6 Å². The van der Waals surface area contributed by atoms with E-state index in [0.29, 0.717) is 19.0 Å². The Morgan fingerprint density at radius 2 is 1.90 bits per heavy atom. The summed E-state index contributed by atoms with van der Waals surface area (Å²) >= 11 is 0. The Kier molecular flexibility index (Phi) is 5.20. The van der Waals surface area contributed by atoms with Crippen molar-refractivity contribution in [3.63, 3.8) is 0 Å². The molecule has 0 unspecified atom stereocenters. The smallest absolute Gasteiger partial charge is 0.374 e. The second-order valence-electron chi connectivity index (χ2n) is 4.00. The van der Waals surface area contributed by atoms with E-state index in [1.807, 2.05) is 30.3 Å². The Hall–Kier alpha value is -2.27. The fourth-order valence-electron chi connectivity index (χ4n) is 1.59. The molecule has 2 aromatic rings. The number of benzene rings is 1. The van der Waals surface area contributed by atoms with Crippen molar-refractivity contribution in [1.82, 2.24) is 0 Å². The van der Waals surface area contributed by atoms with Crippen LogP contribution in [0.2, 0.25) is 0 Å². The van der Waals surface area contributed by atoms with Crippen LogP contribution < -0.4 is 4.74 Å². The van der Waals surface area contributed by atoms with Crippen molar-refractivity contribution < 1.29 is 23.4 Å². The van der Waals surface area contributed by atoms with Crippen LogP contribution in [0.4, 0.5) is 0 Å². The van der Waals surface area contributed by atoms with Gasteiger partial charge in [0.05, 0.1) is 0 Å². The molecule has 0 bridgehead atoms. The third-order valence-corrected chi connectivity index (χ3v) is 2.48. The van der Waals surface area contributed by atoms with E-state index in [1.165, 1.54) is 0 Å². The SMILES string of the molecule is COCc1ccc(C(=O)OCCOc2ccccc2)o1. The average Bonchev–Trinajstić information content (AvgIpc) is 2.94. The van der Waals surface area contributed by atoms with Gasteiger partial charge in [-0.05, 0) is 24.3 Å². The molecule has 1 aromatic heterocycles. The Labute approximate surface area is 117 Å². The normalized spacial score (nSPS) is 10.2. The van der Waals surface area contributed by atoms with Crippen LogP contribution in [0.3, 0.4) is 0 Å². The predicted molar refractivity (Wildman–Crippen MR) is 71.6 cm³/mol. The molecule has 0 saturated heterocycles. The summed E-state index contributed by atoms with van der Waals surface area (Å²) in [7, 11) is 1.56. The Balaban J connectivity index is 1.72. The van der Waals surface area contributed by atoms with Gasteiger partial charge in [0.25, 0.3) is 0 Å². The minimum atomic E-state index is -0.510. The lowest BCUT2D eigenvalue weighted by molar-refractivity contribution is 0.0409. The van der Waals surface area contributed by atoms with E-state index < -0.39 is 5.97 Å². The summed E-state index contributed by atoms with van der Waals surface area (Å²) in [5.74, 6) is 0.977. The second kappa shape index (κ2) is 7.35. The summed E-state index contributed by atoms with van der Waals surface area (Å²) in [4.78, 5) is 11.7. The first kappa shape index (κ1) is 14.1. The maximum atomic E-state index is 11.7. The highest BCUT2D eigenvalue weighted by molar-refractivity contribution is 5.86. The fraction of sp³-hybridized carbons (Fsp3) is 0.267. The first-order valence-corrected chi connectivity index (χ1v) is 6.22. The molecular formula is C15H16O5. The van der Waals surface area contributed by atoms with E-state index in [1.54, 1.807) is 19.2 Å². The van der Waals surface area contributed by atoms with Gasteiger partial charge in [0.1, 0.15) is 31.3 Å². The monoisotopic (exact) mass is 276 g/mol. The zero-order valence-corrected chi connectivity index (χ0v) is 11.2. The lowest BCUT2D eigenvalue weighted by atomic mass is 10.3.